The number of amides is 2. The number of hydrogen-bond acceptors (Lipinski definition) is 6. The molecule has 0 spiro atoms. The Morgan fingerprint density at radius 2 is 1.84 bits per heavy atom. The monoisotopic (exact) mass is 593 g/mol. The van der Waals surface area contributed by atoms with E-state index in [0.29, 0.717) is 22.4 Å². The Labute approximate surface area is 196 Å². The fraction of sp³-hybridized carbons (Fsp3) is 0.364. The first kappa shape index (κ1) is 24.7. The summed E-state index contributed by atoms with van der Waals surface area (Å²) in [6, 6.07) is 7.46. The van der Waals surface area contributed by atoms with E-state index in [1.54, 1.807) is 6.92 Å². The molecule has 31 heavy (non-hydrogen) atoms. The van der Waals surface area contributed by atoms with Crippen molar-refractivity contribution in [3.63, 3.8) is 0 Å². The number of hydrogen-bond donors (Lipinski definition) is 1. The van der Waals surface area contributed by atoms with Crippen LogP contribution in [0.1, 0.15) is 39.9 Å². The molecule has 164 valence electrons. The van der Waals surface area contributed by atoms with E-state index in [1.165, 1.54) is 4.73 Å². The summed E-state index contributed by atoms with van der Waals surface area (Å²) in [5.74, 6) is -0.249. The van der Waals surface area contributed by atoms with Crippen molar-refractivity contribution < 1.29 is 35.5 Å². The molecule has 0 aliphatic carbocycles. The molecule has 1 aliphatic rings. The molecule has 4 rings (SSSR count). The Hall–Kier alpha value is -2.60. The summed E-state index contributed by atoms with van der Waals surface area (Å²) in [5.41, 5.74) is 7.52. The van der Waals surface area contributed by atoms with Gasteiger partial charge in [0.1, 0.15) is 11.0 Å². The summed E-state index contributed by atoms with van der Waals surface area (Å²) in [4.78, 5) is 40.7. The maximum absolute atomic E-state index is 12.7. The van der Waals surface area contributed by atoms with Gasteiger partial charge in [0.15, 0.2) is 12.5 Å². The number of aromatic nitrogens is 3. The number of likely N-dealkylation sites (tertiary alicyclic amines) is 1. The second kappa shape index (κ2) is 9.26. The van der Waals surface area contributed by atoms with Crippen molar-refractivity contribution >= 4 is 39.6 Å². The molecule has 0 radical (unpaired) electrons. The number of imidazole rings is 1. The van der Waals surface area contributed by atoms with Gasteiger partial charge in [-0.05, 0) is 11.5 Å². The molecule has 0 saturated carbocycles. The predicted octanol–water partition coefficient (Wildman–Crippen LogP) is 2.99. The summed E-state index contributed by atoms with van der Waals surface area (Å²) in [6.45, 7) is 14.5. The number of para-hydroxylation sites is 1. The van der Waals surface area contributed by atoms with Gasteiger partial charge < -0.3 is 24.4 Å². The minimum absolute atomic E-state index is 0. The fourth-order valence-electron chi connectivity index (χ4n) is 3.57. The normalized spacial score (nSPS) is 16.3. The number of anilines is 1. The van der Waals surface area contributed by atoms with Crippen molar-refractivity contribution in [1.29, 1.82) is 0 Å². The van der Waals surface area contributed by atoms with Crippen molar-refractivity contribution in [2.24, 2.45) is 11.3 Å². The first-order chi connectivity index (χ1) is 14.2. The topological polar surface area (TPSA) is 103 Å². The van der Waals surface area contributed by atoms with Crippen LogP contribution in [0.3, 0.4) is 0 Å². The van der Waals surface area contributed by atoms with Gasteiger partial charge in [0.05, 0.1) is 11.4 Å². The quantitative estimate of drug-likeness (QED) is 0.370. The van der Waals surface area contributed by atoms with Crippen LogP contribution in [0.25, 0.3) is 21.9 Å². The minimum Gasteiger partial charge on any atom is -0.392 e. The SMILES string of the molecule is [CH2-]C.[CH2-]c1nc2c(N)nc3ccccc3c2n1OCN1C(=O)CC(C(C)(C)C)C1=O.[W+2]. The Bertz CT molecular complexity index is 1120. The summed E-state index contributed by atoms with van der Waals surface area (Å²) >= 11 is 0. The van der Waals surface area contributed by atoms with Crippen LogP contribution in [0.4, 0.5) is 5.82 Å². The van der Waals surface area contributed by atoms with Gasteiger partial charge in [-0.15, -0.1) is 0 Å². The summed E-state index contributed by atoms with van der Waals surface area (Å²) in [6.07, 6.45) is 0.188. The van der Waals surface area contributed by atoms with Crippen molar-refractivity contribution in [3.8, 4) is 0 Å². The number of carbonyl (C=O) groups is 2. The minimum atomic E-state index is -0.358. The second-order valence-corrected chi connectivity index (χ2v) is 8.07. The van der Waals surface area contributed by atoms with E-state index < -0.39 is 0 Å². The number of fused-ring (bicyclic) bond motifs is 3. The first-order valence-electron chi connectivity index (χ1n) is 9.75. The van der Waals surface area contributed by atoms with E-state index in [9.17, 15) is 9.59 Å². The van der Waals surface area contributed by atoms with Gasteiger partial charge in [0.25, 0.3) is 0 Å². The molecule has 3 aromatic rings. The molecule has 1 saturated heterocycles. The maximum atomic E-state index is 12.7. The van der Waals surface area contributed by atoms with Crippen molar-refractivity contribution in [1.82, 2.24) is 19.6 Å². The number of benzene rings is 1. The molecule has 2 amide bonds. The summed E-state index contributed by atoms with van der Waals surface area (Å²) < 4.78 is 1.42. The average molecular weight is 593 g/mol. The summed E-state index contributed by atoms with van der Waals surface area (Å²) in [7, 11) is 0. The molecular weight excluding hydrogens is 566 g/mol. The van der Waals surface area contributed by atoms with Crippen LogP contribution in [-0.2, 0) is 30.7 Å². The molecule has 2 aromatic heterocycles. The number of rotatable bonds is 3. The number of carbonyl (C=O) groups excluding carboxylic acids is 2. The third-order valence-corrected chi connectivity index (χ3v) is 5.15. The number of nitrogens with two attached hydrogens (primary N) is 1. The van der Waals surface area contributed by atoms with Gasteiger partial charge in [0.2, 0.25) is 11.8 Å². The van der Waals surface area contributed by atoms with Gasteiger partial charge in [-0.25, -0.2) is 9.88 Å². The van der Waals surface area contributed by atoms with Crippen molar-refractivity contribution in [3.05, 3.63) is 43.9 Å². The molecule has 2 N–H and O–H groups in total. The zero-order valence-corrected chi connectivity index (χ0v) is 21.1. The van der Waals surface area contributed by atoms with Crippen LogP contribution in [0, 0.1) is 25.2 Å². The van der Waals surface area contributed by atoms with E-state index in [4.69, 9.17) is 10.6 Å². The molecule has 0 bridgehead atoms. The van der Waals surface area contributed by atoms with Crippen molar-refractivity contribution in [2.75, 3.05) is 12.5 Å². The molecule has 1 aromatic carbocycles. The standard InChI is InChI=1S/C20H22N5O3.C2H5.W/c1-11-22-16-17(12-7-5-6-8-14(12)23-18(16)21)25(11)28-10-24-15(26)9-13(19(24)27)20(2,3)4;1-2;/h5-8,13H,1,9-10H2,2-4H3,(H2,21,23);1H2,2H3;/q2*-1;+2. The maximum Gasteiger partial charge on any atom is 2.00 e. The molecule has 1 fully saturated rings. The van der Waals surface area contributed by atoms with Gasteiger partial charge in [-0.1, -0.05) is 39.0 Å². The Kier molecular flexibility index (Phi) is 7.37. The van der Waals surface area contributed by atoms with Crippen LogP contribution in [0.2, 0.25) is 0 Å². The second-order valence-electron chi connectivity index (χ2n) is 8.07. The third kappa shape index (κ3) is 4.40. The zero-order valence-electron chi connectivity index (χ0n) is 18.2. The van der Waals surface area contributed by atoms with E-state index in [1.807, 2.05) is 45.0 Å². The Morgan fingerprint density at radius 1 is 1.19 bits per heavy atom. The molecule has 3 heterocycles. The van der Waals surface area contributed by atoms with Crippen LogP contribution in [0.5, 0.6) is 0 Å². The number of nitrogens with zero attached hydrogens (tertiary/aromatic N) is 4. The number of pyridine rings is 1. The molecule has 1 unspecified atom stereocenters. The van der Waals surface area contributed by atoms with Crippen LogP contribution >= 0.6 is 0 Å². The van der Waals surface area contributed by atoms with Crippen LogP contribution < -0.4 is 10.6 Å². The first-order valence-corrected chi connectivity index (χ1v) is 9.75. The smallest absolute Gasteiger partial charge is 0.392 e. The Balaban J connectivity index is 0.00000111. The van der Waals surface area contributed by atoms with E-state index in [0.717, 1.165) is 10.3 Å². The van der Waals surface area contributed by atoms with Gasteiger partial charge in [-0.3, -0.25) is 14.6 Å². The van der Waals surface area contributed by atoms with Crippen LogP contribution in [-0.4, -0.2) is 38.1 Å². The third-order valence-electron chi connectivity index (χ3n) is 5.15. The van der Waals surface area contributed by atoms with E-state index in [2.05, 4.69) is 23.8 Å². The summed E-state index contributed by atoms with van der Waals surface area (Å²) in [5, 5.41) is 0.792. The average Bonchev–Trinajstić information content (AvgIpc) is 3.18. The molecule has 1 aliphatic heterocycles. The Morgan fingerprint density at radius 3 is 2.45 bits per heavy atom. The number of imide groups is 1. The van der Waals surface area contributed by atoms with E-state index in [-0.39, 0.29) is 63.2 Å². The predicted molar refractivity (Wildman–Crippen MR) is 116 cm³/mol. The fourth-order valence-corrected chi connectivity index (χ4v) is 3.57. The molecule has 9 heteroatoms. The van der Waals surface area contributed by atoms with Gasteiger partial charge in [-0.2, -0.15) is 11.7 Å². The largest absolute Gasteiger partial charge is 2.00 e. The molecular formula is C22H27N5O3W. The zero-order chi connectivity index (χ0) is 22.2. The molecule has 8 nitrogen and oxygen atoms in total. The molecule has 1 atom stereocenters. The number of nitrogen functional groups attached to an aromatic ring is 1. The van der Waals surface area contributed by atoms with Crippen molar-refractivity contribution in [2.45, 2.75) is 34.1 Å². The van der Waals surface area contributed by atoms with Gasteiger partial charge in [0, 0.05) is 17.6 Å². The van der Waals surface area contributed by atoms with Crippen LogP contribution in [0.15, 0.2) is 24.3 Å². The van der Waals surface area contributed by atoms with Gasteiger partial charge >= 0.3 is 21.1 Å². The van der Waals surface area contributed by atoms with E-state index >= 15 is 0 Å².